The number of rotatable bonds is 3. The molecule has 2 aromatic rings. The zero-order valence-electron chi connectivity index (χ0n) is 12.2. The van der Waals surface area contributed by atoms with Crippen LogP contribution in [0.5, 0.6) is 0 Å². The molecule has 1 saturated heterocycles. The Hall–Kier alpha value is -1.55. The molecule has 1 fully saturated rings. The lowest BCUT2D eigenvalue weighted by molar-refractivity contribution is 0.523. The summed E-state index contributed by atoms with van der Waals surface area (Å²) in [5, 5.41) is 3.67. The van der Waals surface area contributed by atoms with Crippen LogP contribution in [0.3, 0.4) is 0 Å². The third-order valence-corrected chi connectivity index (χ3v) is 4.64. The highest BCUT2D eigenvalue weighted by Crippen LogP contribution is 2.26. The second-order valence-corrected chi connectivity index (χ2v) is 6.43. The first-order valence-electron chi connectivity index (χ1n) is 7.41. The average molecular weight is 346 g/mol. The smallest absolute Gasteiger partial charge is 0.128 e. The fourth-order valence-corrected chi connectivity index (χ4v) is 3.12. The highest BCUT2D eigenvalue weighted by atomic mass is 79.9. The van der Waals surface area contributed by atoms with Crippen LogP contribution in [-0.2, 0) is 0 Å². The van der Waals surface area contributed by atoms with E-state index in [1.165, 1.54) is 11.3 Å². The lowest BCUT2D eigenvalue weighted by atomic mass is 10.0. The molecule has 21 heavy (non-hydrogen) atoms. The van der Waals surface area contributed by atoms with Crippen LogP contribution in [-0.4, -0.2) is 24.1 Å². The summed E-state index contributed by atoms with van der Waals surface area (Å²) in [6, 6.07) is 13.1. The van der Waals surface area contributed by atoms with Crippen molar-refractivity contribution in [1.82, 2.24) is 4.98 Å². The number of hydrogen-bond acceptors (Lipinski definition) is 3. The first-order valence-corrected chi connectivity index (χ1v) is 8.20. The van der Waals surface area contributed by atoms with Crippen molar-refractivity contribution in [2.24, 2.45) is 0 Å². The highest BCUT2D eigenvalue weighted by molar-refractivity contribution is 9.10. The summed E-state index contributed by atoms with van der Waals surface area (Å²) in [7, 11) is 0. The van der Waals surface area contributed by atoms with E-state index >= 15 is 0 Å². The minimum Gasteiger partial charge on any atom is -0.381 e. The van der Waals surface area contributed by atoms with E-state index in [0.717, 1.165) is 36.2 Å². The van der Waals surface area contributed by atoms with Crippen molar-refractivity contribution in [1.29, 1.82) is 0 Å². The number of aryl methyl sites for hydroxylation is 1. The van der Waals surface area contributed by atoms with Crippen LogP contribution in [0.2, 0.25) is 0 Å². The molecule has 1 aliphatic rings. The Morgan fingerprint density at radius 3 is 2.71 bits per heavy atom. The van der Waals surface area contributed by atoms with Crippen molar-refractivity contribution in [3.8, 4) is 0 Å². The lowest BCUT2D eigenvalue weighted by Crippen LogP contribution is -2.39. The van der Waals surface area contributed by atoms with Crippen LogP contribution < -0.4 is 10.2 Å². The standard InChI is InChI=1S/C17H20BrN3/c1-13-5-6-15(18)16(12-13)20-14-7-10-21(11-8-14)17-4-2-3-9-19-17/h2-6,9,12,14,20H,7-8,10-11H2,1H3. The molecule has 4 heteroatoms. The van der Waals surface area contributed by atoms with Crippen LogP contribution in [0, 0.1) is 6.92 Å². The maximum absolute atomic E-state index is 4.44. The van der Waals surface area contributed by atoms with Gasteiger partial charge in [0.2, 0.25) is 0 Å². The minimum atomic E-state index is 0.531. The normalized spacial score (nSPS) is 16.0. The summed E-state index contributed by atoms with van der Waals surface area (Å²) < 4.78 is 1.14. The molecule has 3 rings (SSSR count). The van der Waals surface area contributed by atoms with E-state index in [1.807, 2.05) is 12.3 Å². The van der Waals surface area contributed by atoms with Gasteiger partial charge in [-0.25, -0.2) is 4.98 Å². The minimum absolute atomic E-state index is 0.531. The number of anilines is 2. The third kappa shape index (κ3) is 3.56. The Morgan fingerprint density at radius 2 is 2.00 bits per heavy atom. The molecule has 0 radical (unpaired) electrons. The van der Waals surface area contributed by atoms with Gasteiger partial charge in [-0.15, -0.1) is 0 Å². The first kappa shape index (κ1) is 14.4. The van der Waals surface area contributed by atoms with Gasteiger partial charge in [-0.1, -0.05) is 12.1 Å². The number of benzene rings is 1. The van der Waals surface area contributed by atoms with Crippen LogP contribution >= 0.6 is 15.9 Å². The zero-order chi connectivity index (χ0) is 14.7. The van der Waals surface area contributed by atoms with Gasteiger partial charge in [0.15, 0.2) is 0 Å². The topological polar surface area (TPSA) is 28.2 Å². The van der Waals surface area contributed by atoms with Crippen LogP contribution in [0.4, 0.5) is 11.5 Å². The Morgan fingerprint density at radius 1 is 1.19 bits per heavy atom. The quantitative estimate of drug-likeness (QED) is 0.901. The van der Waals surface area contributed by atoms with Crippen molar-refractivity contribution in [3.63, 3.8) is 0 Å². The molecular weight excluding hydrogens is 326 g/mol. The lowest BCUT2D eigenvalue weighted by Gasteiger charge is -2.33. The molecule has 0 amide bonds. The van der Waals surface area contributed by atoms with Gasteiger partial charge in [0, 0.05) is 35.5 Å². The van der Waals surface area contributed by atoms with E-state index in [0.29, 0.717) is 6.04 Å². The molecule has 0 spiro atoms. The maximum Gasteiger partial charge on any atom is 0.128 e. The summed E-state index contributed by atoms with van der Waals surface area (Å²) >= 11 is 3.62. The van der Waals surface area contributed by atoms with E-state index in [9.17, 15) is 0 Å². The molecule has 0 bridgehead atoms. The molecule has 0 atom stereocenters. The average Bonchev–Trinajstić information content (AvgIpc) is 2.53. The molecule has 110 valence electrons. The Labute approximate surface area is 134 Å². The van der Waals surface area contributed by atoms with Gasteiger partial charge in [0.1, 0.15) is 5.82 Å². The zero-order valence-corrected chi connectivity index (χ0v) is 13.8. The number of halogens is 1. The molecule has 0 saturated carbocycles. The SMILES string of the molecule is Cc1ccc(Br)c(NC2CCN(c3ccccn3)CC2)c1. The Bertz CT molecular complexity index is 592. The largest absolute Gasteiger partial charge is 0.381 e. The van der Waals surface area contributed by atoms with E-state index in [1.54, 1.807) is 0 Å². The second-order valence-electron chi connectivity index (χ2n) is 5.58. The predicted molar refractivity (Wildman–Crippen MR) is 92.0 cm³/mol. The van der Waals surface area contributed by atoms with E-state index < -0.39 is 0 Å². The number of piperidine rings is 1. The van der Waals surface area contributed by atoms with Gasteiger partial charge in [0.25, 0.3) is 0 Å². The number of pyridine rings is 1. The molecule has 3 nitrogen and oxygen atoms in total. The molecule has 1 aliphatic heterocycles. The van der Waals surface area contributed by atoms with Crippen molar-refractivity contribution >= 4 is 27.4 Å². The molecule has 2 heterocycles. The summed E-state index contributed by atoms with van der Waals surface area (Å²) in [4.78, 5) is 6.80. The van der Waals surface area contributed by atoms with Crippen molar-refractivity contribution in [3.05, 3.63) is 52.6 Å². The maximum atomic E-state index is 4.44. The molecule has 1 aromatic carbocycles. The molecule has 1 N–H and O–H groups in total. The van der Waals surface area contributed by atoms with Crippen LogP contribution in [0.15, 0.2) is 47.1 Å². The van der Waals surface area contributed by atoms with Gasteiger partial charge >= 0.3 is 0 Å². The van der Waals surface area contributed by atoms with Crippen molar-refractivity contribution in [2.45, 2.75) is 25.8 Å². The van der Waals surface area contributed by atoms with Gasteiger partial charge in [0.05, 0.1) is 0 Å². The molecule has 0 aliphatic carbocycles. The van der Waals surface area contributed by atoms with Crippen LogP contribution in [0.1, 0.15) is 18.4 Å². The third-order valence-electron chi connectivity index (χ3n) is 3.95. The van der Waals surface area contributed by atoms with Gasteiger partial charge in [-0.3, -0.25) is 0 Å². The Kier molecular flexibility index (Phi) is 4.44. The molecular formula is C17H20BrN3. The summed E-state index contributed by atoms with van der Waals surface area (Å²) in [6.07, 6.45) is 4.14. The summed E-state index contributed by atoms with van der Waals surface area (Å²) in [5.74, 6) is 1.09. The Balaban J connectivity index is 1.60. The predicted octanol–water partition coefficient (Wildman–Crippen LogP) is 4.23. The number of nitrogens with one attached hydrogen (secondary N) is 1. The van der Waals surface area contributed by atoms with E-state index in [4.69, 9.17) is 0 Å². The first-order chi connectivity index (χ1) is 10.2. The molecule has 0 unspecified atom stereocenters. The number of aromatic nitrogens is 1. The van der Waals surface area contributed by atoms with Crippen molar-refractivity contribution < 1.29 is 0 Å². The van der Waals surface area contributed by atoms with E-state index in [-0.39, 0.29) is 0 Å². The summed E-state index contributed by atoms with van der Waals surface area (Å²) in [6.45, 7) is 4.23. The fraction of sp³-hybridized carbons (Fsp3) is 0.353. The van der Waals surface area contributed by atoms with Gasteiger partial charge in [-0.05, 0) is 65.5 Å². The van der Waals surface area contributed by atoms with Gasteiger partial charge < -0.3 is 10.2 Å². The van der Waals surface area contributed by atoms with Gasteiger partial charge in [-0.2, -0.15) is 0 Å². The highest BCUT2D eigenvalue weighted by Gasteiger charge is 2.20. The fourth-order valence-electron chi connectivity index (χ4n) is 2.76. The van der Waals surface area contributed by atoms with Crippen molar-refractivity contribution in [2.75, 3.05) is 23.3 Å². The second kappa shape index (κ2) is 6.48. The van der Waals surface area contributed by atoms with E-state index in [2.05, 4.69) is 68.4 Å². The number of hydrogen-bond donors (Lipinski definition) is 1. The summed E-state index contributed by atoms with van der Waals surface area (Å²) in [5.41, 5.74) is 2.48. The monoisotopic (exact) mass is 345 g/mol. The molecule has 1 aromatic heterocycles. The van der Waals surface area contributed by atoms with Crippen LogP contribution in [0.25, 0.3) is 0 Å². The number of nitrogens with zero attached hydrogens (tertiary/aromatic N) is 2.